The fraction of sp³-hybridized carbons (Fsp3) is 0.273. The fourth-order valence-corrected chi connectivity index (χ4v) is 5.49. The normalized spacial score (nSPS) is 17.3. The van der Waals surface area contributed by atoms with E-state index in [1.54, 1.807) is 0 Å². The highest BCUT2D eigenvalue weighted by atomic mass is 35.5. The van der Waals surface area contributed by atoms with Crippen molar-refractivity contribution in [2.24, 2.45) is 0 Å². The Morgan fingerprint density at radius 1 is 1.14 bits per heavy atom. The number of fused-ring (bicyclic) bond motifs is 1. The molecular weight excluding hydrogens is 632 g/mol. The first-order valence-electron chi connectivity index (χ1n) is 11.8. The van der Waals surface area contributed by atoms with Gasteiger partial charge in [0, 0.05) is 5.56 Å². The minimum absolute atomic E-state index is 0.00366. The van der Waals surface area contributed by atoms with E-state index in [9.17, 15) is 56.7 Å². The molecule has 2 aromatic carbocycles. The van der Waals surface area contributed by atoms with Crippen LogP contribution in [-0.4, -0.2) is 94.3 Å². The number of phenolic OH excluding ortho intramolecular Hbond substituents is 2. The molecule has 0 radical (unpaired) electrons. The van der Waals surface area contributed by atoms with Gasteiger partial charge < -0.3 is 35.6 Å². The second kappa shape index (κ2) is 11.3. The molecular formula is C22H19BClF3N4O11S. The smallest absolute Gasteiger partial charge is 0.534 e. The minimum Gasteiger partial charge on any atom is -0.534 e. The van der Waals surface area contributed by atoms with Crippen LogP contribution < -0.4 is 15.3 Å². The number of halogens is 4. The summed E-state index contributed by atoms with van der Waals surface area (Å²) >= 11 is 5.89. The van der Waals surface area contributed by atoms with Crippen molar-refractivity contribution in [3.63, 3.8) is 0 Å². The molecule has 230 valence electrons. The Hall–Kier alpha value is -4.43. The number of amides is 5. The van der Waals surface area contributed by atoms with Gasteiger partial charge in [0.2, 0.25) is 21.7 Å². The monoisotopic (exact) mass is 650 g/mol. The second-order valence-electron chi connectivity index (χ2n) is 9.25. The summed E-state index contributed by atoms with van der Waals surface area (Å²) in [7, 11) is -6.17. The van der Waals surface area contributed by atoms with Gasteiger partial charge >= 0.3 is 25.1 Å². The number of nitrogens with one attached hydrogen (secondary N) is 2. The molecule has 1 fully saturated rings. The summed E-state index contributed by atoms with van der Waals surface area (Å²) in [6.45, 7) is -0.998. The molecule has 5 amide bonds. The lowest BCUT2D eigenvalue weighted by Crippen LogP contribution is -2.56. The summed E-state index contributed by atoms with van der Waals surface area (Å²) < 4.78 is 72.6. The van der Waals surface area contributed by atoms with E-state index in [2.05, 4.69) is 5.32 Å². The van der Waals surface area contributed by atoms with E-state index in [0.717, 1.165) is 12.1 Å². The third-order valence-electron chi connectivity index (χ3n) is 6.49. The van der Waals surface area contributed by atoms with Crippen molar-refractivity contribution in [2.45, 2.75) is 18.4 Å². The predicted octanol–water partition coefficient (Wildman–Crippen LogP) is 0.454. The van der Waals surface area contributed by atoms with Crippen LogP contribution >= 0.6 is 11.6 Å². The van der Waals surface area contributed by atoms with Crippen molar-refractivity contribution < 1.29 is 65.8 Å². The zero-order chi connectivity index (χ0) is 32.1. The predicted molar refractivity (Wildman–Crippen MR) is 137 cm³/mol. The number of carbonyl (C=O) groups is 4. The molecule has 2 unspecified atom stereocenters. The number of aromatic hydroxyl groups is 2. The van der Waals surface area contributed by atoms with Gasteiger partial charge in [-0.1, -0.05) is 17.7 Å². The van der Waals surface area contributed by atoms with Crippen molar-refractivity contribution in [2.75, 3.05) is 19.3 Å². The summed E-state index contributed by atoms with van der Waals surface area (Å²) in [5.41, 5.74) is -2.15. The first-order valence-corrected chi connectivity index (χ1v) is 14.1. The lowest BCUT2D eigenvalue weighted by Gasteiger charge is -2.31. The van der Waals surface area contributed by atoms with Gasteiger partial charge in [-0.2, -0.15) is 4.39 Å². The van der Waals surface area contributed by atoms with Crippen LogP contribution in [0.25, 0.3) is 0 Å². The Labute approximate surface area is 244 Å². The zero-order valence-corrected chi connectivity index (χ0v) is 23.0. The van der Waals surface area contributed by atoms with E-state index in [1.165, 1.54) is 0 Å². The van der Waals surface area contributed by atoms with Gasteiger partial charge in [0.05, 0.1) is 30.3 Å². The number of imide groups is 1. The number of hydrogen-bond donors (Lipinski definition) is 6. The van der Waals surface area contributed by atoms with Crippen LogP contribution in [0.2, 0.25) is 5.02 Å². The van der Waals surface area contributed by atoms with E-state index >= 15 is 4.39 Å². The highest BCUT2D eigenvalue weighted by molar-refractivity contribution is 7.88. The van der Waals surface area contributed by atoms with Gasteiger partial charge in [0.15, 0.2) is 17.3 Å². The molecule has 21 heteroatoms. The number of nitrogens with zero attached hydrogens (tertiary/aromatic N) is 2. The van der Waals surface area contributed by atoms with Gasteiger partial charge in [0.1, 0.15) is 23.2 Å². The Kier molecular flexibility index (Phi) is 8.31. The Morgan fingerprint density at radius 2 is 1.79 bits per heavy atom. The van der Waals surface area contributed by atoms with Gasteiger partial charge in [-0.15, -0.1) is 0 Å². The number of rotatable bonds is 6. The lowest BCUT2D eigenvalue weighted by atomic mass is 9.72. The van der Waals surface area contributed by atoms with Crippen molar-refractivity contribution in [3.8, 4) is 17.2 Å². The van der Waals surface area contributed by atoms with Crippen LogP contribution in [0, 0.1) is 17.5 Å². The Morgan fingerprint density at radius 3 is 2.37 bits per heavy atom. The van der Waals surface area contributed by atoms with Gasteiger partial charge in [0.25, 0.3) is 0 Å². The molecule has 0 aromatic heterocycles. The molecule has 0 saturated carbocycles. The Balaban J connectivity index is 1.69. The summed E-state index contributed by atoms with van der Waals surface area (Å²) in [6, 6.07) is -3.38. The molecule has 2 aliphatic heterocycles. The molecule has 2 aliphatic rings. The number of carboxylic acid groups (broad SMARTS) is 1. The van der Waals surface area contributed by atoms with E-state index < -0.39 is 123 Å². The molecule has 2 atom stereocenters. The number of phenols is 2. The van der Waals surface area contributed by atoms with Crippen molar-refractivity contribution in [1.29, 1.82) is 0 Å². The standard InChI is InChI=1S/C22H19BClF3N4O11S/c1-43(40,41)31-5-4-30(22(31)38)21(37)29-15(11-12(24)16(32)17(33)14(27)13(11)26)19(34)28-9-6-7-2-3-8(25)10(20(35)36)18(7)42-23(9)39/h2-3,9,15,32-33,39H,4-6H2,1H3,(H,28,34)(H,29,37)(H,35,36). The van der Waals surface area contributed by atoms with Crippen LogP contribution in [-0.2, 0) is 21.2 Å². The first-order chi connectivity index (χ1) is 19.9. The quantitative estimate of drug-likeness (QED) is 0.143. The highest BCUT2D eigenvalue weighted by Gasteiger charge is 2.44. The highest BCUT2D eigenvalue weighted by Crippen LogP contribution is 2.43. The number of carbonyl (C=O) groups excluding carboxylic acids is 3. The van der Waals surface area contributed by atoms with E-state index in [4.69, 9.17) is 16.3 Å². The van der Waals surface area contributed by atoms with Crippen molar-refractivity contribution in [1.82, 2.24) is 19.8 Å². The van der Waals surface area contributed by atoms with Crippen LogP contribution in [0.1, 0.15) is 27.5 Å². The zero-order valence-electron chi connectivity index (χ0n) is 21.5. The molecule has 4 rings (SSSR count). The molecule has 2 aromatic rings. The maximum absolute atomic E-state index is 15.1. The van der Waals surface area contributed by atoms with E-state index in [0.29, 0.717) is 15.5 Å². The number of urea groups is 2. The van der Waals surface area contributed by atoms with Crippen LogP contribution in [0.5, 0.6) is 17.2 Å². The molecule has 6 N–H and O–H groups in total. The average molecular weight is 651 g/mol. The maximum atomic E-state index is 15.1. The molecule has 1 saturated heterocycles. The summed E-state index contributed by atoms with van der Waals surface area (Å²) in [5, 5.41) is 42.2. The van der Waals surface area contributed by atoms with Crippen molar-refractivity contribution >= 4 is 52.7 Å². The minimum atomic E-state index is -4.12. The van der Waals surface area contributed by atoms with E-state index in [1.807, 2.05) is 5.32 Å². The number of carboxylic acids is 1. The van der Waals surface area contributed by atoms with Crippen molar-refractivity contribution in [3.05, 3.63) is 51.3 Å². The number of aromatic carboxylic acids is 1. The maximum Gasteiger partial charge on any atom is 0.547 e. The largest absolute Gasteiger partial charge is 0.547 e. The fourth-order valence-electron chi connectivity index (χ4n) is 4.42. The first kappa shape index (κ1) is 31.5. The molecule has 15 nitrogen and oxygen atoms in total. The number of benzene rings is 2. The number of hydrogen-bond acceptors (Lipinski definition) is 10. The molecule has 0 spiro atoms. The molecule has 2 heterocycles. The second-order valence-corrected chi connectivity index (χ2v) is 11.5. The average Bonchev–Trinajstić information content (AvgIpc) is 3.32. The summed E-state index contributed by atoms with van der Waals surface area (Å²) in [6.07, 6.45) is 0.270. The third kappa shape index (κ3) is 5.67. The van der Waals surface area contributed by atoms with Crippen LogP contribution in [0.4, 0.5) is 22.8 Å². The number of sulfonamides is 1. The SMILES string of the molecule is CS(=O)(=O)N1CCN(C(=O)NC(C(=O)NC2Cc3ccc(F)c(C(=O)O)c3OB2O)c2c(F)c(F)c(O)c(O)c2Cl)C1=O. The van der Waals surface area contributed by atoms with Gasteiger partial charge in [-0.25, -0.2) is 40.8 Å². The summed E-state index contributed by atoms with van der Waals surface area (Å²) in [4.78, 5) is 50.7. The summed E-state index contributed by atoms with van der Waals surface area (Å²) in [5.74, 6) is -13.6. The lowest BCUT2D eigenvalue weighted by molar-refractivity contribution is -0.123. The van der Waals surface area contributed by atoms with E-state index in [-0.39, 0.29) is 5.56 Å². The topological polar surface area (TPSA) is 223 Å². The van der Waals surface area contributed by atoms with Gasteiger partial charge in [-0.05, 0) is 18.1 Å². The molecule has 0 aliphatic carbocycles. The third-order valence-corrected chi connectivity index (χ3v) is 8.02. The van der Waals surface area contributed by atoms with Gasteiger partial charge in [-0.3, -0.25) is 4.79 Å². The Bertz CT molecular complexity index is 1650. The van der Waals surface area contributed by atoms with Crippen LogP contribution in [0.15, 0.2) is 12.1 Å². The molecule has 0 bridgehead atoms. The molecule has 43 heavy (non-hydrogen) atoms. The van der Waals surface area contributed by atoms with Crippen LogP contribution in [0.3, 0.4) is 0 Å².